The van der Waals surface area contributed by atoms with Crippen LogP contribution < -0.4 is 14.8 Å². The van der Waals surface area contributed by atoms with Crippen molar-refractivity contribution < 1.29 is 24.2 Å². The molecule has 1 saturated heterocycles. The molecule has 2 aromatic carbocycles. The molecule has 7 heteroatoms. The number of carbonyl (C=O) groups excluding carboxylic acids is 1. The highest BCUT2D eigenvalue weighted by Crippen LogP contribution is 2.30. The molecule has 3 rings (SSSR count). The standard InChI is InChI=1S/C22H24N2O5/c1-24-12-11-16(14-24)29-19-9-7-15(13-20(19)28-2)8-10-21(25)23-18-6-4-3-5-17(18)22(26)27/h3-10,13,16H,11-12,14H2,1-2H3,(H,23,25)(H,26,27)/b10-8+. The summed E-state index contributed by atoms with van der Waals surface area (Å²) in [5.74, 6) is -0.256. The molecule has 1 atom stereocenters. The molecule has 0 aliphatic carbocycles. The van der Waals surface area contributed by atoms with Crippen molar-refractivity contribution in [2.75, 3.05) is 32.6 Å². The lowest BCUT2D eigenvalue weighted by molar-refractivity contribution is -0.111. The Morgan fingerprint density at radius 3 is 2.69 bits per heavy atom. The topological polar surface area (TPSA) is 88.1 Å². The Kier molecular flexibility index (Phi) is 6.51. The third-order valence-electron chi connectivity index (χ3n) is 4.67. The van der Waals surface area contributed by atoms with Crippen molar-refractivity contribution in [1.82, 2.24) is 4.90 Å². The summed E-state index contributed by atoms with van der Waals surface area (Å²) in [5, 5.41) is 11.8. The largest absolute Gasteiger partial charge is 0.493 e. The number of nitrogens with zero attached hydrogens (tertiary/aromatic N) is 1. The van der Waals surface area contributed by atoms with Crippen LogP contribution in [0.3, 0.4) is 0 Å². The monoisotopic (exact) mass is 396 g/mol. The molecule has 29 heavy (non-hydrogen) atoms. The average molecular weight is 396 g/mol. The number of aromatic carboxylic acids is 1. The van der Waals surface area contributed by atoms with Gasteiger partial charge in [-0.25, -0.2) is 4.79 Å². The number of anilines is 1. The maximum absolute atomic E-state index is 12.2. The van der Waals surface area contributed by atoms with Gasteiger partial charge in [-0.3, -0.25) is 4.79 Å². The van der Waals surface area contributed by atoms with Crippen LogP contribution in [0.1, 0.15) is 22.3 Å². The number of benzene rings is 2. The summed E-state index contributed by atoms with van der Waals surface area (Å²) in [6.07, 6.45) is 4.09. The highest BCUT2D eigenvalue weighted by atomic mass is 16.5. The zero-order chi connectivity index (χ0) is 20.8. The Balaban J connectivity index is 1.67. The van der Waals surface area contributed by atoms with E-state index in [9.17, 15) is 14.7 Å². The molecule has 1 heterocycles. The predicted octanol–water partition coefficient (Wildman–Crippen LogP) is 3.13. The summed E-state index contributed by atoms with van der Waals surface area (Å²) in [6, 6.07) is 11.7. The lowest BCUT2D eigenvalue weighted by Gasteiger charge is -2.16. The molecule has 1 amide bonds. The first-order valence-electron chi connectivity index (χ1n) is 9.31. The fraction of sp³-hybridized carbons (Fsp3) is 0.273. The summed E-state index contributed by atoms with van der Waals surface area (Å²) in [6.45, 7) is 1.89. The molecule has 0 spiro atoms. The number of para-hydroxylation sites is 1. The fourth-order valence-corrected chi connectivity index (χ4v) is 3.18. The van der Waals surface area contributed by atoms with Crippen molar-refractivity contribution in [3.63, 3.8) is 0 Å². The van der Waals surface area contributed by atoms with E-state index in [-0.39, 0.29) is 17.4 Å². The zero-order valence-corrected chi connectivity index (χ0v) is 16.4. The smallest absolute Gasteiger partial charge is 0.337 e. The van der Waals surface area contributed by atoms with Gasteiger partial charge in [-0.2, -0.15) is 0 Å². The molecule has 0 aromatic heterocycles. The van der Waals surface area contributed by atoms with Crippen LogP contribution in [-0.2, 0) is 4.79 Å². The van der Waals surface area contributed by atoms with E-state index in [4.69, 9.17) is 9.47 Å². The molecule has 2 N–H and O–H groups in total. The van der Waals surface area contributed by atoms with Crippen LogP contribution in [0, 0.1) is 0 Å². The molecule has 0 bridgehead atoms. The number of carboxylic acids is 1. The molecular weight excluding hydrogens is 372 g/mol. The first-order valence-corrected chi connectivity index (χ1v) is 9.31. The number of carboxylic acid groups (broad SMARTS) is 1. The summed E-state index contributed by atoms with van der Waals surface area (Å²) in [5.41, 5.74) is 1.05. The van der Waals surface area contributed by atoms with Crippen LogP contribution in [-0.4, -0.2) is 55.2 Å². The Bertz CT molecular complexity index is 925. The zero-order valence-electron chi connectivity index (χ0n) is 16.4. The normalized spacial score (nSPS) is 16.7. The molecule has 0 radical (unpaired) electrons. The summed E-state index contributed by atoms with van der Waals surface area (Å²) in [7, 11) is 3.64. The molecule has 2 aromatic rings. The molecular formula is C22H24N2O5. The SMILES string of the molecule is COc1cc(/C=C/C(=O)Nc2ccccc2C(=O)O)ccc1OC1CCN(C)C1. The second kappa shape index (κ2) is 9.25. The second-order valence-corrected chi connectivity index (χ2v) is 6.87. The fourth-order valence-electron chi connectivity index (χ4n) is 3.18. The van der Waals surface area contributed by atoms with Gasteiger partial charge in [0, 0.05) is 19.2 Å². The number of amides is 1. The van der Waals surface area contributed by atoms with Gasteiger partial charge in [0.05, 0.1) is 18.4 Å². The highest BCUT2D eigenvalue weighted by Gasteiger charge is 2.22. The Hall–Kier alpha value is -3.32. The number of nitrogens with one attached hydrogen (secondary N) is 1. The molecule has 152 valence electrons. The van der Waals surface area contributed by atoms with E-state index in [2.05, 4.69) is 17.3 Å². The second-order valence-electron chi connectivity index (χ2n) is 6.87. The third kappa shape index (κ3) is 5.36. The van der Waals surface area contributed by atoms with Crippen molar-refractivity contribution in [2.24, 2.45) is 0 Å². The van der Waals surface area contributed by atoms with Crippen LogP contribution in [0.5, 0.6) is 11.5 Å². The maximum Gasteiger partial charge on any atom is 0.337 e. The van der Waals surface area contributed by atoms with E-state index < -0.39 is 11.9 Å². The molecule has 1 aliphatic heterocycles. The van der Waals surface area contributed by atoms with E-state index in [1.165, 1.54) is 12.1 Å². The number of hydrogen-bond acceptors (Lipinski definition) is 5. The van der Waals surface area contributed by atoms with Crippen LogP contribution in [0.15, 0.2) is 48.5 Å². The van der Waals surface area contributed by atoms with E-state index in [1.54, 1.807) is 37.5 Å². The number of hydrogen-bond donors (Lipinski definition) is 2. The number of carbonyl (C=O) groups is 2. The van der Waals surface area contributed by atoms with Crippen LogP contribution in [0.4, 0.5) is 5.69 Å². The first-order chi connectivity index (χ1) is 14.0. The van der Waals surface area contributed by atoms with Crippen molar-refractivity contribution in [3.8, 4) is 11.5 Å². The predicted molar refractivity (Wildman–Crippen MR) is 111 cm³/mol. The van der Waals surface area contributed by atoms with Crippen molar-refractivity contribution in [3.05, 3.63) is 59.7 Å². The molecule has 1 unspecified atom stereocenters. The van der Waals surface area contributed by atoms with Crippen LogP contribution in [0.2, 0.25) is 0 Å². The van der Waals surface area contributed by atoms with Gasteiger partial charge in [-0.15, -0.1) is 0 Å². The van der Waals surface area contributed by atoms with Gasteiger partial charge in [-0.05, 0) is 49.4 Å². The van der Waals surface area contributed by atoms with Crippen molar-refractivity contribution >= 4 is 23.6 Å². The Morgan fingerprint density at radius 2 is 2.00 bits per heavy atom. The van der Waals surface area contributed by atoms with Gasteiger partial charge in [-0.1, -0.05) is 18.2 Å². The molecule has 1 fully saturated rings. The van der Waals surface area contributed by atoms with Gasteiger partial charge < -0.3 is 24.8 Å². The minimum absolute atomic E-state index is 0.0370. The number of likely N-dealkylation sites (tertiary alicyclic amines) is 1. The lowest BCUT2D eigenvalue weighted by atomic mass is 10.1. The van der Waals surface area contributed by atoms with E-state index in [0.29, 0.717) is 11.5 Å². The molecule has 7 nitrogen and oxygen atoms in total. The van der Waals surface area contributed by atoms with Gasteiger partial charge in [0.15, 0.2) is 11.5 Å². The van der Waals surface area contributed by atoms with E-state index in [0.717, 1.165) is 25.1 Å². The van der Waals surface area contributed by atoms with Gasteiger partial charge in [0.2, 0.25) is 5.91 Å². The van der Waals surface area contributed by atoms with E-state index in [1.807, 2.05) is 12.1 Å². The number of rotatable bonds is 7. The van der Waals surface area contributed by atoms with Crippen LogP contribution in [0.25, 0.3) is 6.08 Å². The first kappa shape index (κ1) is 20.4. The summed E-state index contributed by atoms with van der Waals surface area (Å²) < 4.78 is 11.5. The van der Waals surface area contributed by atoms with Gasteiger partial charge in [0.25, 0.3) is 0 Å². The average Bonchev–Trinajstić information content (AvgIpc) is 3.12. The van der Waals surface area contributed by atoms with Gasteiger partial charge in [0.1, 0.15) is 6.10 Å². The highest BCUT2D eigenvalue weighted by molar-refractivity contribution is 6.06. The minimum Gasteiger partial charge on any atom is -0.493 e. The maximum atomic E-state index is 12.2. The summed E-state index contributed by atoms with van der Waals surface area (Å²) >= 11 is 0. The molecule has 1 aliphatic rings. The number of likely N-dealkylation sites (N-methyl/N-ethyl adjacent to an activating group) is 1. The van der Waals surface area contributed by atoms with Crippen molar-refractivity contribution in [2.45, 2.75) is 12.5 Å². The van der Waals surface area contributed by atoms with E-state index >= 15 is 0 Å². The van der Waals surface area contributed by atoms with Crippen molar-refractivity contribution in [1.29, 1.82) is 0 Å². The lowest BCUT2D eigenvalue weighted by Crippen LogP contribution is -2.21. The quantitative estimate of drug-likeness (QED) is 0.699. The third-order valence-corrected chi connectivity index (χ3v) is 4.67. The van der Waals surface area contributed by atoms with Crippen LogP contribution >= 0.6 is 0 Å². The number of methoxy groups -OCH3 is 1. The number of ether oxygens (including phenoxy) is 2. The summed E-state index contributed by atoms with van der Waals surface area (Å²) in [4.78, 5) is 25.6. The minimum atomic E-state index is -1.10. The Labute approximate surface area is 169 Å². The molecule has 0 saturated carbocycles. The Morgan fingerprint density at radius 1 is 1.21 bits per heavy atom. The van der Waals surface area contributed by atoms with Gasteiger partial charge >= 0.3 is 5.97 Å².